The third-order valence-electron chi connectivity index (χ3n) is 3.55. The van der Waals surface area contributed by atoms with E-state index in [1.165, 1.54) is 24.8 Å². The first kappa shape index (κ1) is 12.9. The molecule has 0 aliphatic heterocycles. The van der Waals surface area contributed by atoms with Gasteiger partial charge in [-0.05, 0) is 41.9 Å². The molecule has 1 aliphatic rings. The fourth-order valence-electron chi connectivity index (χ4n) is 2.33. The van der Waals surface area contributed by atoms with E-state index in [2.05, 4.69) is 37.4 Å². The zero-order chi connectivity index (χ0) is 12.3. The van der Waals surface area contributed by atoms with Crippen molar-refractivity contribution in [2.45, 2.75) is 45.0 Å². The van der Waals surface area contributed by atoms with Crippen molar-refractivity contribution < 1.29 is 0 Å². The molecule has 0 saturated heterocycles. The highest BCUT2D eigenvalue weighted by Crippen LogP contribution is 2.22. The molecule has 0 aromatic heterocycles. The van der Waals surface area contributed by atoms with Crippen LogP contribution in [0.5, 0.6) is 0 Å². The van der Waals surface area contributed by atoms with E-state index in [0.717, 1.165) is 13.1 Å². The summed E-state index contributed by atoms with van der Waals surface area (Å²) in [5, 5.41) is 3.67. The summed E-state index contributed by atoms with van der Waals surface area (Å²) in [7, 11) is 0. The number of aryl methyl sites for hydroxylation is 2. The summed E-state index contributed by atoms with van der Waals surface area (Å²) in [4.78, 5) is 0. The average Bonchev–Trinajstić information content (AvgIpc) is 2.75. The lowest BCUT2D eigenvalue weighted by Crippen LogP contribution is -2.26. The highest BCUT2D eigenvalue weighted by atomic mass is 35.5. The first-order chi connectivity index (χ1) is 8.16. The Bertz CT molecular complexity index is 373. The molecule has 94 valence electrons. The van der Waals surface area contributed by atoms with Gasteiger partial charge in [0.1, 0.15) is 0 Å². The second kappa shape index (κ2) is 5.88. The van der Waals surface area contributed by atoms with Gasteiger partial charge in [-0.15, -0.1) is 11.6 Å². The van der Waals surface area contributed by atoms with Crippen molar-refractivity contribution in [2.24, 2.45) is 5.92 Å². The lowest BCUT2D eigenvalue weighted by atomic mass is 10.1. The van der Waals surface area contributed by atoms with Crippen LogP contribution in [0.1, 0.15) is 37.0 Å². The van der Waals surface area contributed by atoms with Gasteiger partial charge >= 0.3 is 0 Å². The molecule has 0 saturated carbocycles. The van der Waals surface area contributed by atoms with Crippen molar-refractivity contribution in [1.29, 1.82) is 0 Å². The number of nitrogens with one attached hydrogen (secondary N) is 1. The molecule has 17 heavy (non-hydrogen) atoms. The summed E-state index contributed by atoms with van der Waals surface area (Å²) in [6.07, 6.45) is 3.84. The second-order valence-electron chi connectivity index (χ2n) is 5.35. The molecule has 2 heteroatoms. The zero-order valence-corrected chi connectivity index (χ0v) is 11.6. The summed E-state index contributed by atoms with van der Waals surface area (Å²) in [6, 6.07) is 6.89. The monoisotopic (exact) mass is 251 g/mol. The van der Waals surface area contributed by atoms with Crippen molar-refractivity contribution in [1.82, 2.24) is 5.32 Å². The Balaban J connectivity index is 1.83. The number of fused-ring (bicyclic) bond motifs is 1. The van der Waals surface area contributed by atoms with E-state index in [-0.39, 0.29) is 5.38 Å². The van der Waals surface area contributed by atoms with Crippen LogP contribution >= 0.6 is 11.6 Å². The molecule has 0 heterocycles. The normalized spacial score (nSPS) is 16.2. The van der Waals surface area contributed by atoms with Gasteiger partial charge in [0.05, 0.1) is 0 Å². The molecule has 1 N–H and O–H groups in total. The number of alkyl halides is 1. The highest BCUT2D eigenvalue weighted by molar-refractivity contribution is 6.20. The third kappa shape index (κ3) is 3.46. The van der Waals surface area contributed by atoms with Crippen LogP contribution in [-0.4, -0.2) is 11.9 Å². The van der Waals surface area contributed by atoms with Crippen molar-refractivity contribution in [2.75, 3.05) is 6.54 Å². The molecular formula is C15H22ClN. The first-order valence-corrected chi connectivity index (χ1v) is 7.06. The molecule has 0 radical (unpaired) electrons. The lowest BCUT2D eigenvalue weighted by Gasteiger charge is -2.14. The van der Waals surface area contributed by atoms with Crippen LogP contribution in [0.3, 0.4) is 0 Å². The summed E-state index contributed by atoms with van der Waals surface area (Å²) in [5.41, 5.74) is 4.49. The fraction of sp³-hybridized carbons (Fsp3) is 0.600. The standard InChI is InChI=1S/C15H22ClN/c1-11(2)15(16)10-17-9-12-6-7-13-4-3-5-14(13)8-12/h6-8,11,15,17H,3-5,9-10H2,1-2H3. The molecule has 1 aliphatic carbocycles. The quantitative estimate of drug-likeness (QED) is 0.790. The fourth-order valence-corrected chi connectivity index (χ4v) is 2.43. The maximum absolute atomic E-state index is 6.21. The average molecular weight is 252 g/mol. The maximum Gasteiger partial charge on any atom is 0.0483 e. The predicted octanol–water partition coefficient (Wildman–Crippen LogP) is 3.53. The summed E-state index contributed by atoms with van der Waals surface area (Å²) >= 11 is 6.21. The Labute approximate surface area is 110 Å². The Kier molecular flexibility index (Phi) is 4.47. The van der Waals surface area contributed by atoms with E-state index in [0.29, 0.717) is 5.92 Å². The molecule has 1 nitrogen and oxygen atoms in total. The van der Waals surface area contributed by atoms with Crippen molar-refractivity contribution in [3.05, 3.63) is 34.9 Å². The molecule has 1 unspecified atom stereocenters. The van der Waals surface area contributed by atoms with Gasteiger partial charge in [-0.25, -0.2) is 0 Å². The van der Waals surface area contributed by atoms with Crippen LogP contribution in [0.2, 0.25) is 0 Å². The summed E-state index contributed by atoms with van der Waals surface area (Å²) in [6.45, 7) is 6.14. The van der Waals surface area contributed by atoms with E-state index in [1.807, 2.05) is 0 Å². The number of benzene rings is 1. The predicted molar refractivity (Wildman–Crippen MR) is 74.7 cm³/mol. The van der Waals surface area contributed by atoms with E-state index >= 15 is 0 Å². The van der Waals surface area contributed by atoms with Gasteiger partial charge in [0.15, 0.2) is 0 Å². The molecule has 2 rings (SSSR count). The summed E-state index contributed by atoms with van der Waals surface area (Å²) < 4.78 is 0. The topological polar surface area (TPSA) is 12.0 Å². The first-order valence-electron chi connectivity index (χ1n) is 6.62. The molecule has 0 amide bonds. The van der Waals surface area contributed by atoms with Crippen LogP contribution in [0.25, 0.3) is 0 Å². The Hall–Kier alpha value is -0.530. The highest BCUT2D eigenvalue weighted by Gasteiger charge is 2.11. The minimum atomic E-state index is 0.226. The van der Waals surface area contributed by atoms with Crippen LogP contribution in [0, 0.1) is 5.92 Å². The number of halogens is 1. The zero-order valence-electron chi connectivity index (χ0n) is 10.8. The second-order valence-corrected chi connectivity index (χ2v) is 5.91. The number of rotatable bonds is 5. The van der Waals surface area contributed by atoms with Crippen molar-refractivity contribution in [3.8, 4) is 0 Å². The molecule has 1 atom stereocenters. The van der Waals surface area contributed by atoms with Crippen molar-refractivity contribution >= 4 is 11.6 Å². The number of hydrogen-bond acceptors (Lipinski definition) is 1. The van der Waals surface area contributed by atoms with Gasteiger partial charge in [0.25, 0.3) is 0 Å². The van der Waals surface area contributed by atoms with E-state index < -0.39 is 0 Å². The van der Waals surface area contributed by atoms with Crippen LogP contribution in [0.4, 0.5) is 0 Å². The number of hydrogen-bond donors (Lipinski definition) is 1. The van der Waals surface area contributed by atoms with Gasteiger partial charge in [0, 0.05) is 18.5 Å². The smallest absolute Gasteiger partial charge is 0.0483 e. The van der Waals surface area contributed by atoms with Crippen LogP contribution < -0.4 is 5.32 Å². The summed E-state index contributed by atoms with van der Waals surface area (Å²) in [5.74, 6) is 0.532. The van der Waals surface area contributed by atoms with Gasteiger partial charge in [-0.3, -0.25) is 0 Å². The van der Waals surface area contributed by atoms with Gasteiger partial charge in [0.2, 0.25) is 0 Å². The van der Waals surface area contributed by atoms with Gasteiger partial charge in [-0.1, -0.05) is 32.0 Å². The molecule has 1 aromatic rings. The molecule has 0 bridgehead atoms. The SMILES string of the molecule is CC(C)C(Cl)CNCc1ccc2c(c1)CCC2. The minimum absolute atomic E-state index is 0.226. The lowest BCUT2D eigenvalue weighted by molar-refractivity contribution is 0.546. The molecule has 1 aromatic carbocycles. The van der Waals surface area contributed by atoms with E-state index in [4.69, 9.17) is 11.6 Å². The largest absolute Gasteiger partial charge is 0.311 e. The molecule has 0 fully saturated rings. The molecule has 0 spiro atoms. The van der Waals surface area contributed by atoms with E-state index in [1.54, 1.807) is 11.1 Å². The Morgan fingerprint density at radius 1 is 1.24 bits per heavy atom. The van der Waals surface area contributed by atoms with Crippen LogP contribution in [-0.2, 0) is 19.4 Å². The Morgan fingerprint density at radius 2 is 2.00 bits per heavy atom. The van der Waals surface area contributed by atoms with Gasteiger partial charge in [-0.2, -0.15) is 0 Å². The third-order valence-corrected chi connectivity index (χ3v) is 4.21. The molecular weight excluding hydrogens is 230 g/mol. The van der Waals surface area contributed by atoms with Crippen LogP contribution in [0.15, 0.2) is 18.2 Å². The van der Waals surface area contributed by atoms with Gasteiger partial charge < -0.3 is 5.32 Å². The maximum atomic E-state index is 6.21. The minimum Gasteiger partial charge on any atom is -0.311 e. The van der Waals surface area contributed by atoms with Crippen molar-refractivity contribution in [3.63, 3.8) is 0 Å². The van der Waals surface area contributed by atoms with E-state index in [9.17, 15) is 0 Å². The Morgan fingerprint density at radius 3 is 2.76 bits per heavy atom.